The molecule has 4 rings (SSSR count). The molecule has 150 valence electrons. The molecule has 0 amide bonds. The number of methoxy groups -OCH3 is 2. The van der Waals surface area contributed by atoms with Crippen LogP contribution in [0.1, 0.15) is 33.7 Å². The van der Waals surface area contributed by atoms with Crippen LogP contribution in [0.3, 0.4) is 0 Å². The van der Waals surface area contributed by atoms with E-state index in [9.17, 15) is 4.79 Å². The van der Waals surface area contributed by atoms with E-state index in [-0.39, 0.29) is 5.97 Å². The van der Waals surface area contributed by atoms with Crippen molar-refractivity contribution >= 4 is 27.5 Å². The van der Waals surface area contributed by atoms with Gasteiger partial charge in [-0.2, -0.15) is 0 Å². The number of fused-ring (bicyclic) bond motifs is 1. The molecule has 0 bridgehead atoms. The van der Waals surface area contributed by atoms with Crippen molar-refractivity contribution in [3.8, 4) is 17.2 Å². The van der Waals surface area contributed by atoms with Gasteiger partial charge >= 0.3 is 5.97 Å². The molecule has 0 atom stereocenters. The number of hydrogen-bond acceptors (Lipinski definition) is 6. The Kier molecular flexibility index (Phi) is 5.15. The normalized spacial score (nSPS) is 11.2. The molecule has 0 N–H and O–H groups in total. The van der Waals surface area contributed by atoms with Crippen molar-refractivity contribution in [3.05, 3.63) is 58.4 Å². The molecule has 0 unspecified atom stereocenters. The van der Waals surface area contributed by atoms with E-state index in [4.69, 9.17) is 18.9 Å². The Hall–Kier alpha value is -3.06. The molecule has 0 aliphatic heterocycles. The number of esters is 1. The monoisotopic (exact) mass is 410 g/mol. The van der Waals surface area contributed by atoms with Gasteiger partial charge in [-0.15, -0.1) is 11.3 Å². The Morgan fingerprint density at radius 2 is 1.97 bits per heavy atom. The molecule has 29 heavy (non-hydrogen) atoms. The van der Waals surface area contributed by atoms with Gasteiger partial charge < -0.3 is 18.5 Å². The van der Waals surface area contributed by atoms with Gasteiger partial charge in [0.15, 0.2) is 0 Å². The van der Waals surface area contributed by atoms with E-state index in [0.29, 0.717) is 18.1 Å². The second-order valence-corrected chi connectivity index (χ2v) is 7.84. The molecular formula is C22H22N2O4S. The molecule has 0 saturated carbocycles. The number of thiophene rings is 1. The van der Waals surface area contributed by atoms with Gasteiger partial charge in [0.05, 0.1) is 31.0 Å². The summed E-state index contributed by atoms with van der Waals surface area (Å²) in [4.78, 5) is 18.3. The van der Waals surface area contributed by atoms with E-state index < -0.39 is 0 Å². The lowest BCUT2D eigenvalue weighted by molar-refractivity contribution is 0.0589. The first kappa shape index (κ1) is 19.3. The molecule has 6 nitrogen and oxygen atoms in total. The number of carbonyl (C=O) groups is 1. The predicted octanol–water partition coefficient (Wildman–Crippen LogP) is 5.07. The second kappa shape index (κ2) is 7.75. The quantitative estimate of drug-likeness (QED) is 0.415. The van der Waals surface area contributed by atoms with Crippen LogP contribution < -0.4 is 4.74 Å². The first-order valence-corrected chi connectivity index (χ1v) is 10.2. The van der Waals surface area contributed by atoms with E-state index in [2.05, 4.69) is 13.0 Å². The Balaban J connectivity index is 1.73. The molecule has 0 aliphatic carbocycles. The number of rotatable bonds is 6. The van der Waals surface area contributed by atoms with E-state index in [1.807, 2.05) is 41.8 Å². The standard InChI is InChI=1S/C22H22N2O4S/c1-5-16-10-18-20(29-16)11-19(22(25)27-4)24(18)12-17-13(2)28-21(23-17)14-6-8-15(26-3)9-7-14/h6-11H,5,12H2,1-4H3. The van der Waals surface area contributed by atoms with Gasteiger partial charge in [0.2, 0.25) is 5.89 Å². The number of aryl methyl sites for hydroxylation is 2. The van der Waals surface area contributed by atoms with Gasteiger partial charge in [0.1, 0.15) is 22.9 Å². The number of benzene rings is 1. The highest BCUT2D eigenvalue weighted by Gasteiger charge is 2.21. The third-order valence-electron chi connectivity index (χ3n) is 4.92. The Morgan fingerprint density at radius 1 is 1.21 bits per heavy atom. The van der Waals surface area contributed by atoms with Crippen molar-refractivity contribution in [1.29, 1.82) is 0 Å². The average Bonchev–Trinajstić information content (AvgIpc) is 3.41. The van der Waals surface area contributed by atoms with Crippen molar-refractivity contribution in [3.63, 3.8) is 0 Å². The Bertz CT molecular complexity index is 1170. The largest absolute Gasteiger partial charge is 0.497 e. The van der Waals surface area contributed by atoms with Gasteiger partial charge in [-0.25, -0.2) is 9.78 Å². The number of ether oxygens (including phenoxy) is 2. The topological polar surface area (TPSA) is 66.5 Å². The molecule has 1 aromatic carbocycles. The molecular weight excluding hydrogens is 388 g/mol. The first-order valence-electron chi connectivity index (χ1n) is 9.35. The minimum absolute atomic E-state index is 0.358. The van der Waals surface area contributed by atoms with Gasteiger partial charge in [-0.3, -0.25) is 0 Å². The fourth-order valence-corrected chi connectivity index (χ4v) is 4.33. The zero-order chi connectivity index (χ0) is 20.5. The number of oxazole rings is 1. The van der Waals surface area contributed by atoms with Crippen LogP contribution in [-0.2, 0) is 17.7 Å². The summed E-state index contributed by atoms with van der Waals surface area (Å²) < 4.78 is 19.1. The Labute approximate surface area is 172 Å². The zero-order valence-corrected chi connectivity index (χ0v) is 17.6. The van der Waals surface area contributed by atoms with E-state index in [1.165, 1.54) is 12.0 Å². The predicted molar refractivity (Wildman–Crippen MR) is 113 cm³/mol. The van der Waals surface area contributed by atoms with Crippen LogP contribution in [0.15, 0.2) is 40.8 Å². The van der Waals surface area contributed by atoms with Crippen molar-refractivity contribution < 1.29 is 18.7 Å². The van der Waals surface area contributed by atoms with E-state index in [0.717, 1.165) is 39.4 Å². The number of carbonyl (C=O) groups excluding carboxylic acids is 1. The summed E-state index contributed by atoms with van der Waals surface area (Å²) >= 11 is 1.70. The van der Waals surface area contributed by atoms with Gasteiger partial charge in [0, 0.05) is 10.4 Å². The molecule has 7 heteroatoms. The lowest BCUT2D eigenvalue weighted by Crippen LogP contribution is -2.12. The molecule has 3 aromatic heterocycles. The molecule has 4 aromatic rings. The maximum Gasteiger partial charge on any atom is 0.354 e. The summed E-state index contributed by atoms with van der Waals surface area (Å²) in [6.45, 7) is 4.44. The summed E-state index contributed by atoms with van der Waals surface area (Å²) in [6, 6.07) is 11.6. The van der Waals surface area contributed by atoms with Gasteiger partial charge in [0.25, 0.3) is 0 Å². The van der Waals surface area contributed by atoms with Crippen LogP contribution in [0.4, 0.5) is 0 Å². The van der Waals surface area contributed by atoms with E-state index in [1.54, 1.807) is 18.4 Å². The van der Waals surface area contributed by atoms with E-state index >= 15 is 0 Å². The minimum atomic E-state index is -0.358. The maximum absolute atomic E-state index is 12.3. The lowest BCUT2D eigenvalue weighted by atomic mass is 10.2. The zero-order valence-electron chi connectivity index (χ0n) is 16.8. The van der Waals surface area contributed by atoms with Crippen molar-refractivity contribution in [2.24, 2.45) is 0 Å². The fraction of sp³-hybridized carbons (Fsp3) is 0.273. The summed E-state index contributed by atoms with van der Waals surface area (Å²) in [5.41, 5.74) is 3.18. The highest BCUT2D eigenvalue weighted by molar-refractivity contribution is 7.19. The molecule has 0 fully saturated rings. The minimum Gasteiger partial charge on any atom is -0.497 e. The van der Waals surface area contributed by atoms with Gasteiger partial charge in [-0.1, -0.05) is 6.92 Å². The number of nitrogens with zero attached hydrogens (tertiary/aromatic N) is 2. The van der Waals surface area contributed by atoms with Crippen LogP contribution in [0, 0.1) is 6.92 Å². The van der Waals surface area contributed by atoms with Crippen molar-refractivity contribution in [2.45, 2.75) is 26.8 Å². The van der Waals surface area contributed by atoms with Crippen molar-refractivity contribution in [2.75, 3.05) is 14.2 Å². The van der Waals surface area contributed by atoms with Crippen LogP contribution in [0.5, 0.6) is 5.75 Å². The summed E-state index contributed by atoms with van der Waals surface area (Å²) in [5, 5.41) is 0. The average molecular weight is 410 g/mol. The van der Waals surface area contributed by atoms with Crippen LogP contribution in [0.2, 0.25) is 0 Å². The van der Waals surface area contributed by atoms with Crippen LogP contribution >= 0.6 is 11.3 Å². The second-order valence-electron chi connectivity index (χ2n) is 6.67. The third kappa shape index (κ3) is 3.53. The molecule has 0 radical (unpaired) electrons. The molecule has 0 spiro atoms. The van der Waals surface area contributed by atoms with Crippen LogP contribution in [0.25, 0.3) is 21.7 Å². The SMILES string of the molecule is CCc1cc2c(cc(C(=O)OC)n2Cc2nc(-c3ccc(OC)cc3)oc2C)s1. The summed E-state index contributed by atoms with van der Waals surface area (Å²) in [7, 11) is 3.03. The molecule has 0 aliphatic rings. The fourth-order valence-electron chi connectivity index (χ4n) is 3.29. The first-order chi connectivity index (χ1) is 14.0. The van der Waals surface area contributed by atoms with Crippen molar-refractivity contribution in [1.82, 2.24) is 9.55 Å². The number of aromatic nitrogens is 2. The lowest BCUT2D eigenvalue weighted by Gasteiger charge is -2.07. The maximum atomic E-state index is 12.3. The Morgan fingerprint density at radius 3 is 2.62 bits per heavy atom. The third-order valence-corrected chi connectivity index (χ3v) is 6.14. The molecule has 0 saturated heterocycles. The summed E-state index contributed by atoms with van der Waals surface area (Å²) in [6.07, 6.45) is 0.956. The number of hydrogen-bond donors (Lipinski definition) is 0. The highest BCUT2D eigenvalue weighted by Crippen LogP contribution is 2.31. The van der Waals surface area contributed by atoms with Gasteiger partial charge in [-0.05, 0) is 49.7 Å². The molecule has 3 heterocycles. The summed E-state index contributed by atoms with van der Waals surface area (Å²) in [5.74, 6) is 1.68. The smallest absolute Gasteiger partial charge is 0.354 e. The van der Waals surface area contributed by atoms with Crippen LogP contribution in [-0.4, -0.2) is 29.7 Å². The highest BCUT2D eigenvalue weighted by atomic mass is 32.1.